The van der Waals surface area contributed by atoms with E-state index in [0.717, 1.165) is 5.69 Å². The number of pyridine rings is 1. The standard InChI is InChI=1S/C13H16N2O3/c1-2-15(9-10-5-3-4-8-14-10)11(16)13(6-7-13)12(17)18/h3-5,8H,2,6-7,9H2,1H3,(H,17,18). The molecule has 96 valence electrons. The summed E-state index contributed by atoms with van der Waals surface area (Å²) in [5, 5.41) is 9.12. The van der Waals surface area contributed by atoms with Crippen molar-refractivity contribution < 1.29 is 14.7 Å². The Hall–Kier alpha value is -1.91. The lowest BCUT2D eigenvalue weighted by molar-refractivity contribution is -0.153. The zero-order valence-electron chi connectivity index (χ0n) is 10.3. The first kappa shape index (κ1) is 12.5. The van der Waals surface area contributed by atoms with Gasteiger partial charge in [-0.05, 0) is 31.9 Å². The Labute approximate surface area is 105 Å². The maximum atomic E-state index is 12.2. The van der Waals surface area contributed by atoms with E-state index in [2.05, 4.69) is 4.98 Å². The zero-order valence-corrected chi connectivity index (χ0v) is 10.3. The van der Waals surface area contributed by atoms with Gasteiger partial charge >= 0.3 is 5.97 Å². The molecule has 5 heteroatoms. The Morgan fingerprint density at radius 3 is 2.61 bits per heavy atom. The van der Waals surface area contributed by atoms with Gasteiger partial charge in [-0.2, -0.15) is 0 Å². The van der Waals surface area contributed by atoms with Crippen molar-refractivity contribution >= 4 is 11.9 Å². The molecular weight excluding hydrogens is 232 g/mol. The van der Waals surface area contributed by atoms with Crippen LogP contribution in [-0.4, -0.2) is 33.4 Å². The molecule has 0 aromatic carbocycles. The van der Waals surface area contributed by atoms with Gasteiger partial charge in [-0.3, -0.25) is 14.6 Å². The third-order valence-corrected chi connectivity index (χ3v) is 3.32. The molecule has 1 saturated carbocycles. The Balaban J connectivity index is 2.10. The first-order valence-electron chi connectivity index (χ1n) is 6.03. The summed E-state index contributed by atoms with van der Waals surface area (Å²) in [6, 6.07) is 5.49. The predicted octanol–water partition coefficient (Wildman–Crippen LogP) is 1.29. The highest BCUT2D eigenvalue weighted by atomic mass is 16.4. The first-order valence-corrected chi connectivity index (χ1v) is 6.03. The largest absolute Gasteiger partial charge is 0.480 e. The maximum Gasteiger partial charge on any atom is 0.319 e. The molecule has 0 bridgehead atoms. The summed E-state index contributed by atoms with van der Waals surface area (Å²) in [4.78, 5) is 29.1. The van der Waals surface area contributed by atoms with E-state index >= 15 is 0 Å². The zero-order chi connectivity index (χ0) is 13.2. The predicted molar refractivity (Wildman–Crippen MR) is 64.6 cm³/mol. The van der Waals surface area contributed by atoms with E-state index in [0.29, 0.717) is 25.9 Å². The van der Waals surface area contributed by atoms with Gasteiger partial charge in [0.15, 0.2) is 0 Å². The molecule has 18 heavy (non-hydrogen) atoms. The van der Waals surface area contributed by atoms with Crippen molar-refractivity contribution in [1.29, 1.82) is 0 Å². The van der Waals surface area contributed by atoms with Gasteiger partial charge in [0.05, 0.1) is 12.2 Å². The molecule has 2 rings (SSSR count). The van der Waals surface area contributed by atoms with Gasteiger partial charge in [0.2, 0.25) is 5.91 Å². The third kappa shape index (κ3) is 2.20. The number of carbonyl (C=O) groups excluding carboxylic acids is 1. The lowest BCUT2D eigenvalue weighted by Gasteiger charge is -2.23. The summed E-state index contributed by atoms with van der Waals surface area (Å²) in [7, 11) is 0. The highest BCUT2D eigenvalue weighted by molar-refractivity contribution is 6.04. The van der Waals surface area contributed by atoms with Gasteiger partial charge in [0, 0.05) is 12.7 Å². The van der Waals surface area contributed by atoms with E-state index in [4.69, 9.17) is 5.11 Å². The summed E-state index contributed by atoms with van der Waals surface area (Å²) in [5.41, 5.74) is -0.390. The molecule has 0 unspecified atom stereocenters. The number of amides is 1. The number of carboxylic acids is 1. The molecule has 5 nitrogen and oxygen atoms in total. The smallest absolute Gasteiger partial charge is 0.319 e. The Morgan fingerprint density at radius 2 is 2.17 bits per heavy atom. The average Bonchev–Trinajstić information content (AvgIpc) is 3.18. The first-order chi connectivity index (χ1) is 8.60. The van der Waals surface area contributed by atoms with Crippen molar-refractivity contribution in [2.75, 3.05) is 6.54 Å². The van der Waals surface area contributed by atoms with Crippen LogP contribution < -0.4 is 0 Å². The number of rotatable bonds is 5. The van der Waals surface area contributed by atoms with Crippen LogP contribution in [0.4, 0.5) is 0 Å². The molecule has 1 N–H and O–H groups in total. The van der Waals surface area contributed by atoms with Crippen LogP contribution in [0, 0.1) is 5.41 Å². The summed E-state index contributed by atoms with van der Waals surface area (Å²) in [6.45, 7) is 2.70. The molecule has 1 amide bonds. The molecule has 1 aliphatic rings. The highest BCUT2D eigenvalue weighted by Gasteiger charge is 2.58. The topological polar surface area (TPSA) is 70.5 Å². The van der Waals surface area contributed by atoms with E-state index in [9.17, 15) is 9.59 Å². The SMILES string of the molecule is CCN(Cc1ccccn1)C(=O)C1(C(=O)O)CC1. The number of carbonyl (C=O) groups is 2. The monoisotopic (exact) mass is 248 g/mol. The second-order valence-corrected chi connectivity index (χ2v) is 4.53. The number of aliphatic carboxylic acids is 1. The molecule has 0 spiro atoms. The molecule has 1 aliphatic carbocycles. The number of aromatic nitrogens is 1. The van der Waals surface area contributed by atoms with Gasteiger partial charge in [-0.15, -0.1) is 0 Å². The highest BCUT2D eigenvalue weighted by Crippen LogP contribution is 2.47. The van der Waals surface area contributed by atoms with Crippen molar-refractivity contribution in [3.05, 3.63) is 30.1 Å². The lowest BCUT2D eigenvalue weighted by Crippen LogP contribution is -2.40. The molecule has 1 fully saturated rings. The van der Waals surface area contributed by atoms with E-state index in [1.165, 1.54) is 0 Å². The van der Waals surface area contributed by atoms with Crippen LogP contribution in [0.3, 0.4) is 0 Å². The average molecular weight is 248 g/mol. The Morgan fingerprint density at radius 1 is 1.44 bits per heavy atom. The van der Waals surface area contributed by atoms with Crippen molar-refractivity contribution in [1.82, 2.24) is 9.88 Å². The van der Waals surface area contributed by atoms with E-state index in [1.807, 2.05) is 19.1 Å². The second-order valence-electron chi connectivity index (χ2n) is 4.53. The van der Waals surface area contributed by atoms with Crippen molar-refractivity contribution in [3.8, 4) is 0 Å². The van der Waals surface area contributed by atoms with Crippen LogP contribution in [-0.2, 0) is 16.1 Å². The molecular formula is C13H16N2O3. The van der Waals surface area contributed by atoms with Crippen molar-refractivity contribution in [2.45, 2.75) is 26.3 Å². The number of hydrogen-bond acceptors (Lipinski definition) is 3. The van der Waals surface area contributed by atoms with Gasteiger partial charge < -0.3 is 10.0 Å². The molecule has 0 radical (unpaired) electrons. The molecule has 1 aromatic rings. The van der Waals surface area contributed by atoms with Gasteiger partial charge in [0.25, 0.3) is 0 Å². The third-order valence-electron chi connectivity index (χ3n) is 3.32. The molecule has 1 aromatic heterocycles. The number of nitrogens with zero attached hydrogens (tertiary/aromatic N) is 2. The van der Waals surface area contributed by atoms with Crippen LogP contribution >= 0.6 is 0 Å². The quantitative estimate of drug-likeness (QED) is 0.797. The number of hydrogen-bond donors (Lipinski definition) is 1. The minimum atomic E-state index is -1.16. The molecule has 1 heterocycles. The van der Waals surface area contributed by atoms with E-state index in [1.54, 1.807) is 17.2 Å². The van der Waals surface area contributed by atoms with Crippen LogP contribution in [0.15, 0.2) is 24.4 Å². The summed E-state index contributed by atoms with van der Waals surface area (Å²) in [5.74, 6) is -1.30. The van der Waals surface area contributed by atoms with E-state index < -0.39 is 11.4 Å². The molecule has 0 atom stereocenters. The van der Waals surface area contributed by atoms with Gasteiger partial charge in [0.1, 0.15) is 5.41 Å². The second kappa shape index (κ2) is 4.76. The molecule has 0 aliphatic heterocycles. The van der Waals surface area contributed by atoms with Crippen LogP contribution in [0.5, 0.6) is 0 Å². The Kier molecular flexibility index (Phi) is 3.32. The number of carboxylic acid groups (broad SMARTS) is 1. The van der Waals surface area contributed by atoms with Crippen LogP contribution in [0.2, 0.25) is 0 Å². The van der Waals surface area contributed by atoms with Gasteiger partial charge in [-0.25, -0.2) is 0 Å². The summed E-state index contributed by atoms with van der Waals surface area (Å²) >= 11 is 0. The van der Waals surface area contributed by atoms with Crippen LogP contribution in [0.25, 0.3) is 0 Å². The molecule has 0 saturated heterocycles. The van der Waals surface area contributed by atoms with Crippen molar-refractivity contribution in [2.24, 2.45) is 5.41 Å². The van der Waals surface area contributed by atoms with Crippen LogP contribution in [0.1, 0.15) is 25.5 Å². The minimum Gasteiger partial charge on any atom is -0.480 e. The normalized spacial score (nSPS) is 16.1. The Bertz CT molecular complexity index is 455. The summed E-state index contributed by atoms with van der Waals surface area (Å²) < 4.78 is 0. The minimum absolute atomic E-state index is 0.289. The van der Waals surface area contributed by atoms with E-state index in [-0.39, 0.29) is 5.91 Å². The van der Waals surface area contributed by atoms with Crippen molar-refractivity contribution in [3.63, 3.8) is 0 Å². The fourth-order valence-corrected chi connectivity index (χ4v) is 1.96. The fourth-order valence-electron chi connectivity index (χ4n) is 1.96. The lowest BCUT2D eigenvalue weighted by atomic mass is 10.1. The maximum absolute atomic E-state index is 12.2. The van der Waals surface area contributed by atoms with Gasteiger partial charge in [-0.1, -0.05) is 6.07 Å². The fraction of sp³-hybridized carbons (Fsp3) is 0.462. The summed E-state index contributed by atoms with van der Waals surface area (Å²) in [6.07, 6.45) is 2.55.